The number of nitrogens with one attached hydrogen (secondary N) is 1. The van der Waals surface area contributed by atoms with Crippen LogP contribution in [0.4, 0.5) is 11.4 Å². The summed E-state index contributed by atoms with van der Waals surface area (Å²) in [5.41, 5.74) is 1.18. The maximum atomic E-state index is 11.8. The quantitative estimate of drug-likeness (QED) is 0.912. The Morgan fingerprint density at radius 1 is 1.37 bits per heavy atom. The van der Waals surface area contributed by atoms with Gasteiger partial charge in [-0.25, -0.2) is 8.42 Å². The molecule has 0 atom stereocenters. The summed E-state index contributed by atoms with van der Waals surface area (Å²) < 4.78 is 23.5. The van der Waals surface area contributed by atoms with Crippen LogP contribution in [0.2, 0.25) is 0 Å². The van der Waals surface area contributed by atoms with Crippen LogP contribution in [-0.2, 0) is 14.6 Å². The predicted molar refractivity (Wildman–Crippen MR) is 75.2 cm³/mol. The molecule has 1 aliphatic heterocycles. The number of hydrogen-bond donors (Lipinski definition) is 1. The fourth-order valence-electron chi connectivity index (χ4n) is 2.26. The van der Waals surface area contributed by atoms with Crippen LogP contribution in [0.25, 0.3) is 0 Å². The molecule has 1 aliphatic rings. The molecule has 104 valence electrons. The fraction of sp³-hybridized carbons (Fsp3) is 0.462. The van der Waals surface area contributed by atoms with Crippen molar-refractivity contribution in [3.05, 3.63) is 18.2 Å². The molecular formula is C13H18N2O3S. The highest BCUT2D eigenvalue weighted by molar-refractivity contribution is 7.90. The number of hydrogen-bond acceptors (Lipinski definition) is 4. The number of anilines is 2. The first kappa shape index (κ1) is 13.9. The standard InChI is InChI=1S/C13H18N2O3S/c1-9(2)7-15-8-12(16)14-13-10(15)5-4-6-11(13)19(3,17)18/h4-6,9H,7-8H2,1-3H3,(H,14,16). The van der Waals surface area contributed by atoms with Gasteiger partial charge in [0.15, 0.2) is 9.84 Å². The average molecular weight is 282 g/mol. The zero-order valence-electron chi connectivity index (χ0n) is 11.3. The Bertz CT molecular complexity index is 608. The van der Waals surface area contributed by atoms with Gasteiger partial charge in [-0.05, 0) is 18.1 Å². The van der Waals surface area contributed by atoms with Crippen LogP contribution in [0.1, 0.15) is 13.8 Å². The highest BCUT2D eigenvalue weighted by atomic mass is 32.2. The van der Waals surface area contributed by atoms with E-state index in [9.17, 15) is 13.2 Å². The predicted octanol–water partition coefficient (Wildman–Crippen LogP) is 1.50. The van der Waals surface area contributed by atoms with Gasteiger partial charge in [0, 0.05) is 12.8 Å². The van der Waals surface area contributed by atoms with Crippen molar-refractivity contribution in [2.75, 3.05) is 29.6 Å². The number of carbonyl (C=O) groups is 1. The Kier molecular flexibility index (Phi) is 3.54. The average Bonchev–Trinajstić information content (AvgIpc) is 2.25. The van der Waals surface area contributed by atoms with Crippen LogP contribution in [0.5, 0.6) is 0 Å². The molecule has 1 N–H and O–H groups in total. The first-order valence-electron chi connectivity index (χ1n) is 6.17. The third kappa shape index (κ3) is 2.89. The Morgan fingerprint density at radius 3 is 2.63 bits per heavy atom. The lowest BCUT2D eigenvalue weighted by Gasteiger charge is -2.33. The van der Waals surface area contributed by atoms with E-state index in [4.69, 9.17) is 0 Å². The summed E-state index contributed by atoms with van der Waals surface area (Å²) in [5, 5.41) is 2.68. The normalized spacial score (nSPS) is 15.4. The van der Waals surface area contributed by atoms with Crippen LogP contribution in [0.15, 0.2) is 23.1 Å². The Balaban J connectivity index is 2.55. The van der Waals surface area contributed by atoms with Gasteiger partial charge in [-0.1, -0.05) is 19.9 Å². The first-order chi connectivity index (χ1) is 8.79. The molecule has 19 heavy (non-hydrogen) atoms. The van der Waals surface area contributed by atoms with Crippen molar-refractivity contribution in [2.24, 2.45) is 5.92 Å². The molecule has 0 radical (unpaired) electrons. The molecule has 0 aromatic heterocycles. The lowest BCUT2D eigenvalue weighted by Crippen LogP contribution is -2.40. The van der Waals surface area contributed by atoms with E-state index in [1.165, 1.54) is 6.07 Å². The minimum absolute atomic E-state index is 0.173. The molecular weight excluding hydrogens is 264 g/mol. The lowest BCUT2D eigenvalue weighted by molar-refractivity contribution is -0.115. The van der Waals surface area contributed by atoms with Crippen molar-refractivity contribution in [3.63, 3.8) is 0 Å². The van der Waals surface area contributed by atoms with Crippen LogP contribution in [0.3, 0.4) is 0 Å². The smallest absolute Gasteiger partial charge is 0.243 e. The van der Waals surface area contributed by atoms with Gasteiger partial charge >= 0.3 is 0 Å². The van der Waals surface area contributed by atoms with Gasteiger partial charge < -0.3 is 10.2 Å². The van der Waals surface area contributed by atoms with Crippen molar-refractivity contribution in [1.82, 2.24) is 0 Å². The van der Waals surface area contributed by atoms with E-state index in [0.717, 1.165) is 11.9 Å². The van der Waals surface area contributed by atoms with Crippen molar-refractivity contribution < 1.29 is 13.2 Å². The molecule has 0 unspecified atom stereocenters. The number of benzene rings is 1. The van der Waals surface area contributed by atoms with E-state index in [-0.39, 0.29) is 17.3 Å². The molecule has 1 aromatic carbocycles. The number of rotatable bonds is 3. The van der Waals surface area contributed by atoms with E-state index >= 15 is 0 Å². The van der Waals surface area contributed by atoms with Crippen LogP contribution >= 0.6 is 0 Å². The fourth-order valence-corrected chi connectivity index (χ4v) is 3.11. The molecule has 0 fully saturated rings. The summed E-state index contributed by atoms with van der Waals surface area (Å²) >= 11 is 0. The maximum Gasteiger partial charge on any atom is 0.243 e. The second-order valence-electron chi connectivity index (χ2n) is 5.24. The van der Waals surface area contributed by atoms with Gasteiger partial charge in [0.1, 0.15) is 0 Å². The van der Waals surface area contributed by atoms with Gasteiger partial charge in [-0.3, -0.25) is 4.79 Å². The first-order valence-corrected chi connectivity index (χ1v) is 8.06. The van der Waals surface area contributed by atoms with E-state index in [0.29, 0.717) is 18.2 Å². The largest absolute Gasteiger partial charge is 0.360 e. The minimum atomic E-state index is -3.36. The van der Waals surface area contributed by atoms with Crippen molar-refractivity contribution in [3.8, 4) is 0 Å². The van der Waals surface area contributed by atoms with E-state index in [1.807, 2.05) is 11.0 Å². The van der Waals surface area contributed by atoms with Crippen molar-refractivity contribution in [1.29, 1.82) is 0 Å². The Labute approximate surface area is 113 Å². The van der Waals surface area contributed by atoms with Crippen molar-refractivity contribution >= 4 is 27.1 Å². The summed E-state index contributed by atoms with van der Waals surface area (Å²) in [6.07, 6.45) is 1.15. The van der Waals surface area contributed by atoms with E-state index in [1.54, 1.807) is 6.07 Å². The minimum Gasteiger partial charge on any atom is -0.360 e. The summed E-state index contributed by atoms with van der Waals surface area (Å²) in [6.45, 7) is 5.10. The molecule has 0 bridgehead atoms. The van der Waals surface area contributed by atoms with Gasteiger partial charge in [-0.2, -0.15) is 0 Å². The summed E-state index contributed by atoms with van der Waals surface area (Å²) in [6, 6.07) is 5.07. The summed E-state index contributed by atoms with van der Waals surface area (Å²) in [7, 11) is -3.36. The molecule has 6 heteroatoms. The number of fused-ring (bicyclic) bond motifs is 1. The second-order valence-corrected chi connectivity index (χ2v) is 7.23. The number of nitrogens with zero attached hydrogens (tertiary/aromatic N) is 1. The topological polar surface area (TPSA) is 66.5 Å². The number of carbonyl (C=O) groups excluding carboxylic acids is 1. The van der Waals surface area contributed by atoms with Gasteiger partial charge in [0.05, 0.1) is 22.8 Å². The zero-order valence-corrected chi connectivity index (χ0v) is 12.1. The van der Waals surface area contributed by atoms with Gasteiger partial charge in [-0.15, -0.1) is 0 Å². The molecule has 5 nitrogen and oxygen atoms in total. The monoisotopic (exact) mass is 282 g/mol. The molecule has 0 aliphatic carbocycles. The second kappa shape index (κ2) is 4.85. The van der Waals surface area contributed by atoms with Crippen molar-refractivity contribution in [2.45, 2.75) is 18.7 Å². The molecule has 1 aromatic rings. The number of para-hydroxylation sites is 1. The number of amides is 1. The van der Waals surface area contributed by atoms with Gasteiger partial charge in [0.2, 0.25) is 5.91 Å². The van der Waals surface area contributed by atoms with Crippen LogP contribution < -0.4 is 10.2 Å². The third-order valence-corrected chi connectivity index (χ3v) is 4.07. The Morgan fingerprint density at radius 2 is 2.05 bits per heavy atom. The number of sulfone groups is 1. The molecule has 0 spiro atoms. The lowest BCUT2D eigenvalue weighted by atomic mass is 10.1. The summed E-state index contributed by atoms with van der Waals surface area (Å²) in [5.74, 6) is 0.213. The van der Waals surface area contributed by atoms with Crippen LogP contribution in [0, 0.1) is 5.92 Å². The highest BCUT2D eigenvalue weighted by Crippen LogP contribution is 2.35. The SMILES string of the molecule is CC(C)CN1CC(=O)Nc2c1cccc2S(C)(=O)=O. The molecule has 0 saturated heterocycles. The Hall–Kier alpha value is -1.56. The van der Waals surface area contributed by atoms with E-state index in [2.05, 4.69) is 19.2 Å². The third-order valence-electron chi connectivity index (χ3n) is 2.93. The highest BCUT2D eigenvalue weighted by Gasteiger charge is 2.27. The molecule has 1 heterocycles. The van der Waals surface area contributed by atoms with Crippen LogP contribution in [-0.4, -0.2) is 33.7 Å². The zero-order chi connectivity index (χ0) is 14.2. The molecule has 2 rings (SSSR count). The van der Waals surface area contributed by atoms with E-state index < -0.39 is 9.84 Å². The molecule has 1 amide bonds. The molecule has 0 saturated carbocycles. The maximum absolute atomic E-state index is 11.8. The van der Waals surface area contributed by atoms with Gasteiger partial charge in [0.25, 0.3) is 0 Å². The summed E-state index contributed by atoms with van der Waals surface area (Å²) in [4.78, 5) is 13.8.